The minimum atomic E-state index is -0.990. The smallest absolute Gasteiger partial charge is 0.346 e. The van der Waals surface area contributed by atoms with Crippen LogP contribution in [0, 0.1) is 18.5 Å². The summed E-state index contributed by atoms with van der Waals surface area (Å²) in [5, 5.41) is 3.33. The fraction of sp³-hybridized carbons (Fsp3) is 0.346. The first-order valence-corrected chi connectivity index (χ1v) is 11.9. The Bertz CT molecular complexity index is 1560. The van der Waals surface area contributed by atoms with Gasteiger partial charge >= 0.3 is 6.08 Å². The molecular formula is C26H25F2N7O3. The Labute approximate surface area is 216 Å². The zero-order chi connectivity index (χ0) is 27.0. The number of hydrogen-bond acceptors (Lipinski definition) is 8. The third-order valence-electron chi connectivity index (χ3n) is 6.89. The molecule has 10 nitrogen and oxygen atoms in total. The van der Waals surface area contributed by atoms with Crippen molar-refractivity contribution in [1.82, 2.24) is 24.6 Å². The zero-order valence-corrected chi connectivity index (χ0v) is 21.0. The van der Waals surface area contributed by atoms with Crippen LogP contribution in [0.15, 0.2) is 51.8 Å². The van der Waals surface area contributed by atoms with Crippen LogP contribution in [0.3, 0.4) is 0 Å². The molecule has 0 bridgehead atoms. The van der Waals surface area contributed by atoms with E-state index < -0.39 is 17.9 Å². The van der Waals surface area contributed by atoms with E-state index in [-0.39, 0.29) is 29.4 Å². The largest absolute Gasteiger partial charge is 0.383 e. The summed E-state index contributed by atoms with van der Waals surface area (Å²) in [4.78, 5) is 28.8. The summed E-state index contributed by atoms with van der Waals surface area (Å²) in [7, 11) is 3.25. The van der Waals surface area contributed by atoms with E-state index >= 15 is 0 Å². The highest BCUT2D eigenvalue weighted by molar-refractivity contribution is 5.89. The molecule has 0 spiro atoms. The SMILES string of the molecule is [C-]#[N+]c1ccc2c(n1)c(N1C[C@@H](COC)N(C(c3ccc(F)cc3)c3nc(F)no3)C[C@@H]1C)cc(=O)n2C. The van der Waals surface area contributed by atoms with Crippen LogP contribution in [0.4, 0.5) is 20.3 Å². The average molecular weight is 522 g/mol. The Morgan fingerprint density at radius 1 is 1.18 bits per heavy atom. The molecule has 4 aromatic rings. The molecule has 0 N–H and O–H groups in total. The predicted molar refractivity (Wildman–Crippen MR) is 135 cm³/mol. The lowest BCUT2D eigenvalue weighted by Crippen LogP contribution is -2.60. The van der Waals surface area contributed by atoms with Gasteiger partial charge in [0, 0.05) is 39.4 Å². The summed E-state index contributed by atoms with van der Waals surface area (Å²) in [6.45, 7) is 10.5. The molecule has 12 heteroatoms. The minimum Gasteiger partial charge on any atom is -0.383 e. The molecule has 1 aliphatic rings. The molecule has 4 heterocycles. The van der Waals surface area contributed by atoms with E-state index in [1.165, 1.54) is 22.8 Å². The molecule has 0 radical (unpaired) electrons. The van der Waals surface area contributed by atoms with Crippen molar-refractivity contribution in [3.05, 3.63) is 87.6 Å². The molecule has 3 atom stereocenters. The molecular weight excluding hydrogens is 496 g/mol. The monoisotopic (exact) mass is 521 g/mol. The number of benzene rings is 1. The van der Waals surface area contributed by atoms with Crippen molar-refractivity contribution in [3.63, 3.8) is 0 Å². The molecule has 3 aromatic heterocycles. The van der Waals surface area contributed by atoms with Crippen molar-refractivity contribution in [2.24, 2.45) is 7.05 Å². The van der Waals surface area contributed by atoms with Gasteiger partial charge in [-0.25, -0.2) is 4.39 Å². The number of ether oxygens (including phenoxy) is 1. The maximum atomic E-state index is 13.8. The highest BCUT2D eigenvalue weighted by Crippen LogP contribution is 2.36. The third-order valence-corrected chi connectivity index (χ3v) is 6.89. The molecule has 0 saturated carbocycles. The maximum Gasteiger partial charge on any atom is 0.346 e. The summed E-state index contributed by atoms with van der Waals surface area (Å²) in [5.41, 5.74) is 2.23. The van der Waals surface area contributed by atoms with Crippen molar-refractivity contribution < 1.29 is 18.0 Å². The van der Waals surface area contributed by atoms with Gasteiger partial charge in [-0.1, -0.05) is 18.7 Å². The fourth-order valence-electron chi connectivity index (χ4n) is 5.09. The lowest BCUT2D eigenvalue weighted by molar-refractivity contribution is 0.0431. The Hall–Kier alpha value is -4.21. The number of fused-ring (bicyclic) bond motifs is 1. The maximum absolute atomic E-state index is 13.8. The van der Waals surface area contributed by atoms with Crippen molar-refractivity contribution in [1.29, 1.82) is 0 Å². The Kier molecular flexibility index (Phi) is 6.88. The van der Waals surface area contributed by atoms with Crippen LogP contribution in [-0.4, -0.2) is 63.5 Å². The van der Waals surface area contributed by atoms with E-state index in [0.29, 0.717) is 42.0 Å². The van der Waals surface area contributed by atoms with Gasteiger partial charge in [-0.3, -0.25) is 9.69 Å². The number of piperazine rings is 1. The van der Waals surface area contributed by atoms with Gasteiger partial charge in [0.1, 0.15) is 11.9 Å². The number of methoxy groups -OCH3 is 1. The minimum absolute atomic E-state index is 0.0401. The highest BCUT2D eigenvalue weighted by Gasteiger charge is 2.40. The molecule has 38 heavy (non-hydrogen) atoms. The topological polar surface area (TPSA) is 93.9 Å². The van der Waals surface area contributed by atoms with Crippen LogP contribution in [-0.2, 0) is 11.8 Å². The number of pyridine rings is 2. The van der Waals surface area contributed by atoms with Gasteiger partial charge in [-0.05, 0) is 41.9 Å². The van der Waals surface area contributed by atoms with Gasteiger partial charge in [0.05, 0.1) is 23.9 Å². The molecule has 1 aromatic carbocycles. The molecule has 5 rings (SSSR count). The molecule has 1 saturated heterocycles. The van der Waals surface area contributed by atoms with Crippen LogP contribution in [0.2, 0.25) is 0 Å². The van der Waals surface area contributed by atoms with Crippen molar-refractivity contribution >= 4 is 22.5 Å². The third kappa shape index (κ3) is 4.62. The van der Waals surface area contributed by atoms with E-state index in [1.54, 1.807) is 38.4 Å². The number of anilines is 1. The standard InChI is InChI=1S/C26H25F2N7O3/c1-15-12-35(24(25-31-26(28)32-38-25)16-5-7-17(27)8-6-16)18(14-37-4)13-34(15)20-11-22(36)33(3)19-9-10-21(29-2)30-23(19)20/h5-11,15,18,24H,12-14H2,1,3-4H3/t15-,18-,24?/m0/s1. The first-order chi connectivity index (χ1) is 18.3. The molecule has 1 fully saturated rings. The molecule has 196 valence electrons. The summed E-state index contributed by atoms with van der Waals surface area (Å²) in [5.74, 6) is -0.134. The Morgan fingerprint density at radius 3 is 2.61 bits per heavy atom. The van der Waals surface area contributed by atoms with E-state index in [2.05, 4.69) is 29.8 Å². The summed E-state index contributed by atoms with van der Waals surface area (Å²) in [6, 6.07) is 9.61. The van der Waals surface area contributed by atoms with E-state index in [4.69, 9.17) is 15.8 Å². The quantitative estimate of drug-likeness (QED) is 0.356. The van der Waals surface area contributed by atoms with Gasteiger partial charge < -0.3 is 23.6 Å². The van der Waals surface area contributed by atoms with Crippen LogP contribution in [0.5, 0.6) is 0 Å². The normalized spacial score (nSPS) is 19.0. The van der Waals surface area contributed by atoms with Crippen LogP contribution in [0.25, 0.3) is 15.9 Å². The number of halogens is 2. The number of aromatic nitrogens is 4. The predicted octanol–water partition coefficient (Wildman–Crippen LogP) is 3.46. The van der Waals surface area contributed by atoms with Gasteiger partial charge in [0.2, 0.25) is 5.52 Å². The zero-order valence-electron chi connectivity index (χ0n) is 21.0. The van der Waals surface area contributed by atoms with Gasteiger partial charge in [0.25, 0.3) is 17.3 Å². The molecule has 0 aliphatic carbocycles. The average Bonchev–Trinajstić information content (AvgIpc) is 3.34. The van der Waals surface area contributed by atoms with E-state index in [0.717, 1.165) is 0 Å². The van der Waals surface area contributed by atoms with Crippen LogP contribution in [0.1, 0.15) is 24.4 Å². The number of aryl methyl sites for hydroxylation is 1. The second-order valence-corrected chi connectivity index (χ2v) is 9.24. The number of hydrogen-bond donors (Lipinski definition) is 0. The van der Waals surface area contributed by atoms with Crippen molar-refractivity contribution in [3.8, 4) is 0 Å². The first kappa shape index (κ1) is 25.4. The van der Waals surface area contributed by atoms with Crippen LogP contribution < -0.4 is 10.5 Å². The number of rotatable bonds is 6. The molecule has 1 unspecified atom stereocenters. The lowest BCUT2D eigenvalue weighted by atomic mass is 9.98. The Balaban J connectivity index is 1.59. The summed E-state index contributed by atoms with van der Waals surface area (Å²) >= 11 is 0. The summed E-state index contributed by atoms with van der Waals surface area (Å²) < 4.78 is 39.9. The van der Waals surface area contributed by atoms with E-state index in [1.807, 2.05) is 6.92 Å². The fourth-order valence-corrected chi connectivity index (χ4v) is 5.09. The van der Waals surface area contributed by atoms with Crippen molar-refractivity contribution in [2.45, 2.75) is 25.0 Å². The van der Waals surface area contributed by atoms with Crippen LogP contribution >= 0.6 is 0 Å². The highest BCUT2D eigenvalue weighted by atomic mass is 19.1. The second-order valence-electron chi connectivity index (χ2n) is 9.24. The summed E-state index contributed by atoms with van der Waals surface area (Å²) in [6.07, 6.45) is -0.990. The van der Waals surface area contributed by atoms with Gasteiger partial charge in [0.15, 0.2) is 0 Å². The second kappa shape index (κ2) is 10.3. The van der Waals surface area contributed by atoms with E-state index in [9.17, 15) is 13.6 Å². The lowest BCUT2D eigenvalue weighted by Gasteiger charge is -2.48. The number of nitrogens with zero attached hydrogens (tertiary/aromatic N) is 7. The van der Waals surface area contributed by atoms with Gasteiger partial charge in [-0.2, -0.15) is 9.37 Å². The first-order valence-electron chi connectivity index (χ1n) is 11.9. The van der Waals surface area contributed by atoms with Gasteiger partial charge in [-0.15, -0.1) is 4.98 Å². The van der Waals surface area contributed by atoms with Crippen molar-refractivity contribution in [2.75, 3.05) is 31.7 Å². The Morgan fingerprint density at radius 2 is 1.95 bits per heavy atom. The molecule has 1 aliphatic heterocycles. The molecule has 0 amide bonds.